The summed E-state index contributed by atoms with van der Waals surface area (Å²) in [6, 6.07) is 18.2. The van der Waals surface area contributed by atoms with E-state index in [9.17, 15) is 14.4 Å². The molecule has 0 radical (unpaired) electrons. The van der Waals surface area contributed by atoms with E-state index in [1.165, 1.54) is 18.4 Å². The number of hydrogen-bond donors (Lipinski definition) is 1. The number of rotatable bonds is 4. The highest BCUT2D eigenvalue weighted by Crippen LogP contribution is 2.30. The molecule has 0 bridgehead atoms. The van der Waals surface area contributed by atoms with Crippen molar-refractivity contribution < 1.29 is 9.53 Å². The van der Waals surface area contributed by atoms with Crippen LogP contribution in [0, 0.1) is 0 Å². The molecule has 2 aromatic carbocycles. The summed E-state index contributed by atoms with van der Waals surface area (Å²) in [4.78, 5) is 40.6. The zero-order valence-electron chi connectivity index (χ0n) is 15.0. The molecule has 2 heterocycles. The largest absolute Gasteiger partial charge is 0.469 e. The Hall–Kier alpha value is -3.45. The van der Waals surface area contributed by atoms with Gasteiger partial charge in [0.25, 0.3) is 5.56 Å². The second-order valence-corrected chi connectivity index (χ2v) is 7.26. The standard InChI is InChI=1S/C21H16N2O4S/c1-27-18(24)11-13-7-9-15(10-8-13)23-20(25)19-16(22-21(23)26)12-17(28-19)14-5-3-2-4-6-14/h2-10,12H,11H2,1H3,(H,22,26). The first kappa shape index (κ1) is 17.9. The number of H-pyrrole nitrogens is 1. The molecule has 0 amide bonds. The van der Waals surface area contributed by atoms with Crippen LogP contribution in [0.1, 0.15) is 5.56 Å². The van der Waals surface area contributed by atoms with E-state index < -0.39 is 5.69 Å². The van der Waals surface area contributed by atoms with Crippen molar-refractivity contribution in [1.82, 2.24) is 9.55 Å². The fourth-order valence-electron chi connectivity index (χ4n) is 2.99. The Morgan fingerprint density at radius 2 is 1.79 bits per heavy atom. The van der Waals surface area contributed by atoms with E-state index in [-0.39, 0.29) is 17.9 Å². The second kappa shape index (κ2) is 7.28. The fraction of sp³-hybridized carbons (Fsp3) is 0.0952. The number of ether oxygens (including phenoxy) is 1. The average molecular weight is 392 g/mol. The SMILES string of the molecule is COC(=O)Cc1ccc(-n2c(=O)[nH]c3cc(-c4ccccc4)sc3c2=O)cc1. The average Bonchev–Trinajstić information content (AvgIpc) is 3.14. The number of carbonyl (C=O) groups excluding carboxylic acids is 1. The van der Waals surface area contributed by atoms with Gasteiger partial charge in [0.1, 0.15) is 4.70 Å². The molecule has 0 fully saturated rings. The Balaban J connectivity index is 1.79. The topological polar surface area (TPSA) is 81.2 Å². The number of benzene rings is 2. The summed E-state index contributed by atoms with van der Waals surface area (Å²) in [6.45, 7) is 0. The van der Waals surface area contributed by atoms with E-state index >= 15 is 0 Å². The Morgan fingerprint density at radius 3 is 2.46 bits per heavy atom. The molecule has 0 saturated heterocycles. The molecule has 28 heavy (non-hydrogen) atoms. The molecule has 0 saturated carbocycles. The van der Waals surface area contributed by atoms with Crippen LogP contribution >= 0.6 is 11.3 Å². The smallest absolute Gasteiger partial charge is 0.333 e. The van der Waals surface area contributed by atoms with Gasteiger partial charge in [-0.05, 0) is 29.3 Å². The van der Waals surface area contributed by atoms with Crippen molar-refractivity contribution in [1.29, 1.82) is 0 Å². The van der Waals surface area contributed by atoms with Gasteiger partial charge in [-0.15, -0.1) is 11.3 Å². The first-order chi connectivity index (χ1) is 13.6. The van der Waals surface area contributed by atoms with Gasteiger partial charge >= 0.3 is 11.7 Å². The number of carbonyl (C=O) groups is 1. The van der Waals surface area contributed by atoms with Crippen molar-refractivity contribution in [2.45, 2.75) is 6.42 Å². The van der Waals surface area contributed by atoms with Gasteiger partial charge < -0.3 is 9.72 Å². The minimum absolute atomic E-state index is 0.131. The fourth-order valence-corrected chi connectivity index (χ4v) is 4.04. The van der Waals surface area contributed by atoms with Crippen molar-refractivity contribution in [2.75, 3.05) is 7.11 Å². The lowest BCUT2D eigenvalue weighted by molar-refractivity contribution is -0.139. The molecular formula is C21H16N2O4S. The van der Waals surface area contributed by atoms with E-state index in [1.807, 2.05) is 36.4 Å². The van der Waals surface area contributed by atoms with Gasteiger partial charge in [0.2, 0.25) is 0 Å². The van der Waals surface area contributed by atoms with Crippen molar-refractivity contribution in [3.63, 3.8) is 0 Å². The third-order valence-corrected chi connectivity index (χ3v) is 5.58. The maximum atomic E-state index is 13.0. The molecule has 4 aromatic rings. The van der Waals surface area contributed by atoms with Crippen molar-refractivity contribution >= 4 is 27.5 Å². The van der Waals surface area contributed by atoms with Crippen molar-refractivity contribution in [3.8, 4) is 16.1 Å². The highest BCUT2D eigenvalue weighted by molar-refractivity contribution is 7.22. The van der Waals surface area contributed by atoms with E-state index in [2.05, 4.69) is 9.72 Å². The van der Waals surface area contributed by atoms with Gasteiger partial charge in [-0.25, -0.2) is 9.36 Å². The Bertz CT molecular complexity index is 1270. The summed E-state index contributed by atoms with van der Waals surface area (Å²) in [5.74, 6) is -0.351. The number of nitrogens with one attached hydrogen (secondary N) is 1. The molecule has 2 aromatic heterocycles. The Morgan fingerprint density at radius 1 is 1.07 bits per heavy atom. The molecule has 0 aliphatic heterocycles. The van der Waals surface area contributed by atoms with E-state index in [0.29, 0.717) is 15.9 Å². The maximum absolute atomic E-state index is 13.0. The van der Waals surface area contributed by atoms with Crippen LogP contribution in [0.4, 0.5) is 0 Å². The summed E-state index contributed by atoms with van der Waals surface area (Å²) in [5.41, 5.74) is 1.82. The van der Waals surface area contributed by atoms with Crippen LogP contribution in [-0.4, -0.2) is 22.6 Å². The normalized spacial score (nSPS) is 10.9. The highest BCUT2D eigenvalue weighted by atomic mass is 32.1. The van der Waals surface area contributed by atoms with E-state index in [4.69, 9.17) is 0 Å². The number of thiophene rings is 1. The summed E-state index contributed by atoms with van der Waals surface area (Å²) in [5, 5.41) is 0. The van der Waals surface area contributed by atoms with E-state index in [0.717, 1.165) is 20.6 Å². The predicted octanol–water partition coefficient (Wildman–Crippen LogP) is 3.12. The lowest BCUT2D eigenvalue weighted by Gasteiger charge is -2.06. The van der Waals surface area contributed by atoms with Crippen LogP contribution in [0.15, 0.2) is 70.3 Å². The summed E-state index contributed by atoms with van der Waals surface area (Å²) in [6.07, 6.45) is 0.131. The summed E-state index contributed by atoms with van der Waals surface area (Å²) >= 11 is 1.34. The summed E-state index contributed by atoms with van der Waals surface area (Å²) < 4.78 is 6.24. The van der Waals surface area contributed by atoms with Gasteiger partial charge in [-0.2, -0.15) is 0 Å². The van der Waals surface area contributed by atoms with Gasteiger partial charge in [0, 0.05) is 4.88 Å². The van der Waals surface area contributed by atoms with Gasteiger partial charge in [-0.3, -0.25) is 9.59 Å². The quantitative estimate of drug-likeness (QED) is 0.541. The molecule has 7 heteroatoms. The minimum atomic E-state index is -0.504. The molecule has 6 nitrogen and oxygen atoms in total. The molecule has 1 N–H and O–H groups in total. The molecule has 140 valence electrons. The lowest BCUT2D eigenvalue weighted by Crippen LogP contribution is -2.32. The second-order valence-electron chi connectivity index (χ2n) is 6.21. The van der Waals surface area contributed by atoms with Gasteiger partial charge in [0.05, 0.1) is 24.7 Å². The van der Waals surface area contributed by atoms with Crippen LogP contribution in [0.25, 0.3) is 26.3 Å². The van der Waals surface area contributed by atoms with Gasteiger partial charge in [0.15, 0.2) is 0 Å². The predicted molar refractivity (Wildman–Crippen MR) is 109 cm³/mol. The highest BCUT2D eigenvalue weighted by Gasteiger charge is 2.14. The minimum Gasteiger partial charge on any atom is -0.469 e. The molecule has 0 unspecified atom stereocenters. The molecular weight excluding hydrogens is 376 g/mol. The van der Waals surface area contributed by atoms with Crippen molar-refractivity contribution in [3.05, 3.63) is 87.1 Å². The molecule has 0 aliphatic rings. The number of nitrogens with zero attached hydrogens (tertiary/aromatic N) is 1. The summed E-state index contributed by atoms with van der Waals surface area (Å²) in [7, 11) is 1.33. The zero-order chi connectivity index (χ0) is 19.7. The number of aromatic amines is 1. The third-order valence-electron chi connectivity index (χ3n) is 4.40. The number of hydrogen-bond acceptors (Lipinski definition) is 5. The van der Waals surface area contributed by atoms with Crippen LogP contribution in [0.2, 0.25) is 0 Å². The molecule has 0 aliphatic carbocycles. The number of fused-ring (bicyclic) bond motifs is 1. The molecule has 0 atom stereocenters. The zero-order valence-corrected chi connectivity index (χ0v) is 15.8. The molecule has 4 rings (SSSR count). The Labute approximate surface area is 163 Å². The van der Waals surface area contributed by atoms with Crippen LogP contribution < -0.4 is 11.2 Å². The van der Waals surface area contributed by atoms with Crippen LogP contribution in [0.5, 0.6) is 0 Å². The molecule has 0 spiro atoms. The number of methoxy groups -OCH3 is 1. The van der Waals surface area contributed by atoms with Gasteiger partial charge in [-0.1, -0.05) is 42.5 Å². The van der Waals surface area contributed by atoms with Crippen molar-refractivity contribution in [2.24, 2.45) is 0 Å². The lowest BCUT2D eigenvalue weighted by atomic mass is 10.1. The first-order valence-corrected chi connectivity index (χ1v) is 9.39. The first-order valence-electron chi connectivity index (χ1n) is 8.57. The van der Waals surface area contributed by atoms with E-state index in [1.54, 1.807) is 24.3 Å². The monoisotopic (exact) mass is 392 g/mol. The third kappa shape index (κ3) is 3.27. The van der Waals surface area contributed by atoms with Crippen LogP contribution in [0.3, 0.4) is 0 Å². The number of aromatic nitrogens is 2. The Kier molecular flexibility index (Phi) is 4.67. The number of esters is 1. The van der Waals surface area contributed by atoms with Crippen LogP contribution in [-0.2, 0) is 16.0 Å². The maximum Gasteiger partial charge on any atom is 0.333 e.